The van der Waals surface area contributed by atoms with Crippen LogP contribution in [0.4, 0.5) is 0 Å². The van der Waals surface area contributed by atoms with Gasteiger partial charge in [-0.25, -0.2) is 0 Å². The van der Waals surface area contributed by atoms with Crippen molar-refractivity contribution in [3.63, 3.8) is 0 Å². The summed E-state index contributed by atoms with van der Waals surface area (Å²) in [6.07, 6.45) is 1.96. The minimum absolute atomic E-state index is 0.393. The molecule has 1 aromatic carbocycles. The molecule has 162 valence electrons. The molecule has 0 saturated heterocycles. The van der Waals surface area contributed by atoms with Gasteiger partial charge in [0, 0.05) is 25.7 Å². The first-order valence-corrected chi connectivity index (χ1v) is 10.5. The molecule has 4 unspecified atom stereocenters. The molecule has 2 aliphatic carbocycles. The summed E-state index contributed by atoms with van der Waals surface area (Å²) in [5, 5.41) is 13.4. The molecule has 1 heterocycles. The van der Waals surface area contributed by atoms with E-state index < -0.39 is 40.6 Å². The smallest absolute Gasteiger partial charge is 0.303 e. The van der Waals surface area contributed by atoms with Gasteiger partial charge in [-0.3, -0.25) is 9.59 Å². The number of furan rings is 1. The van der Waals surface area contributed by atoms with E-state index in [1.807, 2.05) is 39.8 Å². The van der Waals surface area contributed by atoms with Crippen LogP contribution in [0.25, 0.3) is 11.0 Å². The minimum atomic E-state index is -1.44. The summed E-state index contributed by atoms with van der Waals surface area (Å²) >= 11 is 0. The van der Waals surface area contributed by atoms with Crippen molar-refractivity contribution in [1.29, 1.82) is 0 Å². The van der Waals surface area contributed by atoms with Crippen molar-refractivity contribution in [2.75, 3.05) is 0 Å². The molecule has 6 nitrogen and oxygen atoms in total. The third-order valence-corrected chi connectivity index (χ3v) is 7.68. The Morgan fingerprint density at radius 1 is 1.13 bits per heavy atom. The SMILES string of the molecule is CC(=O)OC1CCC(C)(C)C2(O)C(OC(C)=O)Cc3c(cc4occc4c3C)C12C. The normalized spacial score (nSPS) is 32.2. The standard InChI is InChI=1S/C24H30O6/c1-13-16-8-10-28-19(16)12-18-17(13)11-21(30-15(3)26)24(27)22(4,5)9-7-20(23(18,24)6)29-14(2)25/h8,10,12,20-21,27H,7,9,11H2,1-6H3. The average molecular weight is 414 g/mol. The number of hydrogen-bond donors (Lipinski definition) is 1. The lowest BCUT2D eigenvalue weighted by atomic mass is 9.45. The van der Waals surface area contributed by atoms with Crippen LogP contribution in [-0.4, -0.2) is 34.9 Å². The third kappa shape index (κ3) is 2.59. The highest BCUT2D eigenvalue weighted by Crippen LogP contribution is 2.61. The predicted molar refractivity (Wildman–Crippen MR) is 111 cm³/mol. The van der Waals surface area contributed by atoms with Crippen LogP contribution in [0, 0.1) is 12.3 Å². The van der Waals surface area contributed by atoms with Gasteiger partial charge in [-0.1, -0.05) is 13.8 Å². The van der Waals surface area contributed by atoms with Gasteiger partial charge in [0.2, 0.25) is 0 Å². The first-order chi connectivity index (χ1) is 13.9. The van der Waals surface area contributed by atoms with Crippen LogP contribution in [0.15, 0.2) is 22.8 Å². The topological polar surface area (TPSA) is 86.0 Å². The highest BCUT2D eigenvalue weighted by molar-refractivity contribution is 5.84. The molecular formula is C24H30O6. The Hall–Kier alpha value is -2.34. The van der Waals surface area contributed by atoms with Gasteiger partial charge in [-0.05, 0) is 60.9 Å². The molecular weight excluding hydrogens is 384 g/mol. The molecule has 4 atom stereocenters. The zero-order valence-electron chi connectivity index (χ0n) is 18.5. The zero-order chi connectivity index (χ0) is 22.1. The molecule has 0 radical (unpaired) electrons. The van der Waals surface area contributed by atoms with Crippen LogP contribution in [-0.2, 0) is 30.9 Å². The molecule has 0 aliphatic heterocycles. The highest BCUT2D eigenvalue weighted by atomic mass is 16.6. The Morgan fingerprint density at radius 2 is 1.77 bits per heavy atom. The molecule has 0 spiro atoms. The summed E-state index contributed by atoms with van der Waals surface area (Å²) in [4.78, 5) is 24.0. The molecule has 6 heteroatoms. The van der Waals surface area contributed by atoms with Crippen LogP contribution in [0.2, 0.25) is 0 Å². The molecule has 0 amide bonds. The van der Waals surface area contributed by atoms with Crippen molar-refractivity contribution in [3.05, 3.63) is 35.1 Å². The van der Waals surface area contributed by atoms with Gasteiger partial charge in [0.25, 0.3) is 0 Å². The van der Waals surface area contributed by atoms with Crippen LogP contribution < -0.4 is 0 Å². The monoisotopic (exact) mass is 414 g/mol. The molecule has 30 heavy (non-hydrogen) atoms. The number of rotatable bonds is 2. The Labute approximate surface area is 176 Å². The quantitative estimate of drug-likeness (QED) is 0.749. The van der Waals surface area contributed by atoms with E-state index in [1.165, 1.54) is 13.8 Å². The lowest BCUT2D eigenvalue weighted by Gasteiger charge is -2.64. The number of aliphatic hydroxyl groups is 1. The van der Waals surface area contributed by atoms with Gasteiger partial charge in [0.15, 0.2) is 0 Å². The average Bonchev–Trinajstić information content (AvgIpc) is 3.11. The fourth-order valence-corrected chi connectivity index (χ4v) is 6.16. The van der Waals surface area contributed by atoms with Crippen LogP contribution >= 0.6 is 0 Å². The van der Waals surface area contributed by atoms with Gasteiger partial charge in [0.05, 0.1) is 11.7 Å². The summed E-state index contributed by atoms with van der Waals surface area (Å²) in [6, 6.07) is 3.88. The fourth-order valence-electron chi connectivity index (χ4n) is 6.16. The maximum absolute atomic E-state index is 12.4. The minimum Gasteiger partial charge on any atom is -0.464 e. The van der Waals surface area contributed by atoms with E-state index in [9.17, 15) is 14.7 Å². The van der Waals surface area contributed by atoms with E-state index in [4.69, 9.17) is 13.9 Å². The van der Waals surface area contributed by atoms with E-state index in [1.54, 1.807) is 6.26 Å². The number of ether oxygens (including phenoxy) is 2. The molecule has 1 N–H and O–H groups in total. The van der Waals surface area contributed by atoms with Gasteiger partial charge in [-0.15, -0.1) is 0 Å². The summed E-state index contributed by atoms with van der Waals surface area (Å²) in [5.41, 5.74) is 0.656. The van der Waals surface area contributed by atoms with Crippen molar-refractivity contribution in [2.24, 2.45) is 5.41 Å². The summed E-state index contributed by atoms with van der Waals surface area (Å²) in [7, 11) is 0. The Bertz CT molecular complexity index is 1030. The van der Waals surface area contributed by atoms with Crippen molar-refractivity contribution in [2.45, 2.75) is 84.0 Å². The second-order valence-corrected chi connectivity index (χ2v) is 9.65. The van der Waals surface area contributed by atoms with Gasteiger partial charge >= 0.3 is 11.9 Å². The Balaban J connectivity index is 2.06. The van der Waals surface area contributed by atoms with Crippen LogP contribution in [0.5, 0.6) is 0 Å². The number of hydrogen-bond acceptors (Lipinski definition) is 6. The van der Waals surface area contributed by atoms with E-state index in [2.05, 4.69) is 0 Å². The predicted octanol–water partition coefficient (Wildman–Crippen LogP) is 3.97. The molecule has 2 aromatic rings. The number of carbonyl (C=O) groups excluding carboxylic acids is 2. The Kier molecular flexibility index (Phi) is 4.59. The Morgan fingerprint density at radius 3 is 2.40 bits per heavy atom. The number of fused-ring (bicyclic) bond motifs is 4. The number of carbonyl (C=O) groups is 2. The molecule has 4 rings (SSSR count). The summed E-state index contributed by atoms with van der Waals surface area (Å²) in [5.74, 6) is -0.832. The van der Waals surface area contributed by atoms with Crippen LogP contribution in [0.1, 0.15) is 64.2 Å². The van der Waals surface area contributed by atoms with Gasteiger partial charge in [-0.2, -0.15) is 0 Å². The number of benzene rings is 1. The summed E-state index contributed by atoms with van der Waals surface area (Å²) in [6.45, 7) is 10.7. The second kappa shape index (κ2) is 6.58. The largest absolute Gasteiger partial charge is 0.464 e. The van der Waals surface area contributed by atoms with Crippen molar-refractivity contribution < 1.29 is 28.6 Å². The molecule has 1 saturated carbocycles. The van der Waals surface area contributed by atoms with Crippen LogP contribution in [0.3, 0.4) is 0 Å². The van der Waals surface area contributed by atoms with E-state index in [0.29, 0.717) is 19.3 Å². The lowest BCUT2D eigenvalue weighted by molar-refractivity contribution is -0.253. The first-order valence-electron chi connectivity index (χ1n) is 10.5. The maximum Gasteiger partial charge on any atom is 0.303 e. The van der Waals surface area contributed by atoms with E-state index in [0.717, 1.165) is 27.7 Å². The number of esters is 2. The fraction of sp³-hybridized carbons (Fsp3) is 0.583. The molecule has 2 aliphatic rings. The van der Waals surface area contributed by atoms with Gasteiger partial charge < -0.3 is 19.0 Å². The first kappa shape index (κ1) is 20.9. The summed E-state index contributed by atoms with van der Waals surface area (Å²) < 4.78 is 17.3. The molecule has 0 bridgehead atoms. The highest BCUT2D eigenvalue weighted by Gasteiger charge is 2.70. The molecule has 1 fully saturated rings. The molecule has 1 aromatic heterocycles. The maximum atomic E-state index is 12.4. The van der Waals surface area contributed by atoms with E-state index >= 15 is 0 Å². The van der Waals surface area contributed by atoms with Crippen molar-refractivity contribution >= 4 is 22.9 Å². The second-order valence-electron chi connectivity index (χ2n) is 9.65. The van der Waals surface area contributed by atoms with Gasteiger partial charge in [0.1, 0.15) is 23.4 Å². The van der Waals surface area contributed by atoms with E-state index in [-0.39, 0.29) is 0 Å². The van der Waals surface area contributed by atoms with Crippen molar-refractivity contribution in [3.8, 4) is 0 Å². The lowest BCUT2D eigenvalue weighted by Crippen LogP contribution is -2.75. The van der Waals surface area contributed by atoms with Crippen molar-refractivity contribution in [1.82, 2.24) is 0 Å². The number of aryl methyl sites for hydroxylation is 1. The third-order valence-electron chi connectivity index (χ3n) is 7.68. The zero-order valence-corrected chi connectivity index (χ0v) is 18.5.